The SMILES string of the molecule is CC1CCC(NC(=O)c2sccc2NC(=O)c2ccoc2)CC1. The Hall–Kier alpha value is -2.08. The second kappa shape index (κ2) is 7.00. The normalized spacial score (nSPS) is 20.9. The first-order valence-corrected chi connectivity index (χ1v) is 8.73. The molecule has 1 aliphatic rings. The number of rotatable bonds is 4. The lowest BCUT2D eigenvalue weighted by molar-refractivity contribution is 0.0928. The van der Waals surface area contributed by atoms with Crippen LogP contribution in [0, 0.1) is 5.92 Å². The molecule has 2 aromatic heterocycles. The Morgan fingerprint density at radius 3 is 2.65 bits per heavy atom. The molecule has 122 valence electrons. The van der Waals surface area contributed by atoms with Crippen molar-refractivity contribution < 1.29 is 14.0 Å². The Kier molecular flexibility index (Phi) is 4.81. The van der Waals surface area contributed by atoms with Crippen molar-refractivity contribution >= 4 is 28.8 Å². The van der Waals surface area contributed by atoms with Crippen molar-refractivity contribution in [3.8, 4) is 0 Å². The highest BCUT2D eigenvalue weighted by Crippen LogP contribution is 2.26. The van der Waals surface area contributed by atoms with Gasteiger partial charge in [0.15, 0.2) is 0 Å². The van der Waals surface area contributed by atoms with E-state index in [2.05, 4.69) is 17.6 Å². The Morgan fingerprint density at radius 2 is 1.96 bits per heavy atom. The van der Waals surface area contributed by atoms with Crippen LogP contribution in [0.2, 0.25) is 0 Å². The number of furan rings is 1. The fourth-order valence-corrected chi connectivity index (χ4v) is 3.58. The van der Waals surface area contributed by atoms with Crippen molar-refractivity contribution in [2.45, 2.75) is 38.6 Å². The topological polar surface area (TPSA) is 71.3 Å². The maximum atomic E-state index is 12.5. The number of thiophene rings is 1. The molecule has 1 aliphatic carbocycles. The van der Waals surface area contributed by atoms with E-state index in [4.69, 9.17) is 4.42 Å². The summed E-state index contributed by atoms with van der Waals surface area (Å²) in [6, 6.07) is 3.57. The number of hydrogen-bond acceptors (Lipinski definition) is 4. The van der Waals surface area contributed by atoms with E-state index in [1.165, 1.54) is 23.9 Å². The first-order valence-electron chi connectivity index (χ1n) is 7.85. The zero-order valence-electron chi connectivity index (χ0n) is 13.0. The maximum absolute atomic E-state index is 12.5. The van der Waals surface area contributed by atoms with Crippen molar-refractivity contribution in [3.63, 3.8) is 0 Å². The average molecular weight is 332 g/mol. The van der Waals surface area contributed by atoms with Crippen molar-refractivity contribution in [1.29, 1.82) is 0 Å². The lowest BCUT2D eigenvalue weighted by Crippen LogP contribution is -2.37. The van der Waals surface area contributed by atoms with Gasteiger partial charge in [-0.3, -0.25) is 9.59 Å². The van der Waals surface area contributed by atoms with Gasteiger partial charge in [-0.1, -0.05) is 6.92 Å². The second-order valence-corrected chi connectivity index (χ2v) is 6.98. The summed E-state index contributed by atoms with van der Waals surface area (Å²) >= 11 is 1.34. The summed E-state index contributed by atoms with van der Waals surface area (Å²) in [5, 5.41) is 7.67. The Bertz CT molecular complexity index is 670. The highest BCUT2D eigenvalue weighted by atomic mass is 32.1. The minimum atomic E-state index is -0.280. The molecule has 0 bridgehead atoms. The second-order valence-electron chi connectivity index (χ2n) is 6.06. The van der Waals surface area contributed by atoms with Gasteiger partial charge in [-0.05, 0) is 49.1 Å². The van der Waals surface area contributed by atoms with Crippen LogP contribution in [0.4, 0.5) is 5.69 Å². The third kappa shape index (κ3) is 3.82. The fraction of sp³-hybridized carbons (Fsp3) is 0.412. The van der Waals surface area contributed by atoms with E-state index in [0.29, 0.717) is 16.1 Å². The van der Waals surface area contributed by atoms with Gasteiger partial charge in [0.05, 0.1) is 17.5 Å². The van der Waals surface area contributed by atoms with Gasteiger partial charge < -0.3 is 15.1 Å². The van der Waals surface area contributed by atoms with Crippen molar-refractivity contribution in [1.82, 2.24) is 5.32 Å². The number of hydrogen-bond donors (Lipinski definition) is 2. The molecule has 6 heteroatoms. The largest absolute Gasteiger partial charge is 0.472 e. The first-order chi connectivity index (χ1) is 11.1. The summed E-state index contributed by atoms with van der Waals surface area (Å²) in [7, 11) is 0. The molecule has 2 amide bonds. The van der Waals surface area contributed by atoms with Gasteiger partial charge in [-0.15, -0.1) is 11.3 Å². The van der Waals surface area contributed by atoms with Crippen LogP contribution in [-0.2, 0) is 0 Å². The number of anilines is 1. The van der Waals surface area contributed by atoms with Gasteiger partial charge in [0.25, 0.3) is 11.8 Å². The van der Waals surface area contributed by atoms with Crippen LogP contribution in [0.3, 0.4) is 0 Å². The van der Waals surface area contributed by atoms with Crippen LogP contribution in [0.5, 0.6) is 0 Å². The molecule has 0 aromatic carbocycles. The van der Waals surface area contributed by atoms with Gasteiger partial charge in [0.1, 0.15) is 11.1 Å². The van der Waals surface area contributed by atoms with E-state index in [0.717, 1.165) is 31.6 Å². The molecule has 23 heavy (non-hydrogen) atoms. The quantitative estimate of drug-likeness (QED) is 0.892. The van der Waals surface area contributed by atoms with Crippen LogP contribution in [0.1, 0.15) is 52.6 Å². The van der Waals surface area contributed by atoms with E-state index in [1.54, 1.807) is 12.1 Å². The number of carbonyl (C=O) groups excluding carboxylic acids is 2. The third-order valence-corrected chi connectivity index (χ3v) is 5.17. The molecule has 2 aromatic rings. The molecule has 5 nitrogen and oxygen atoms in total. The Labute approximate surface area is 139 Å². The predicted octanol–water partition coefficient (Wildman–Crippen LogP) is 3.90. The van der Waals surface area contributed by atoms with E-state index in [1.807, 2.05) is 5.38 Å². The molecule has 2 N–H and O–H groups in total. The Balaban J connectivity index is 1.63. The number of carbonyl (C=O) groups is 2. The van der Waals surface area contributed by atoms with Crippen LogP contribution in [0.25, 0.3) is 0 Å². The van der Waals surface area contributed by atoms with Crippen LogP contribution in [-0.4, -0.2) is 17.9 Å². The molecule has 0 unspecified atom stereocenters. The molecule has 0 saturated heterocycles. The summed E-state index contributed by atoms with van der Waals surface area (Å²) in [5.74, 6) is 0.356. The molecule has 0 spiro atoms. The highest BCUT2D eigenvalue weighted by molar-refractivity contribution is 7.12. The molecule has 1 saturated carbocycles. The highest BCUT2D eigenvalue weighted by Gasteiger charge is 2.22. The van der Waals surface area contributed by atoms with Gasteiger partial charge in [0, 0.05) is 6.04 Å². The van der Waals surface area contributed by atoms with Gasteiger partial charge >= 0.3 is 0 Å². The molecule has 0 atom stereocenters. The van der Waals surface area contributed by atoms with E-state index < -0.39 is 0 Å². The average Bonchev–Trinajstić information content (AvgIpc) is 3.20. The van der Waals surface area contributed by atoms with Crippen LogP contribution >= 0.6 is 11.3 Å². The molecule has 1 fully saturated rings. The lowest BCUT2D eigenvalue weighted by Gasteiger charge is -2.26. The van der Waals surface area contributed by atoms with Crippen LogP contribution < -0.4 is 10.6 Å². The minimum absolute atomic E-state index is 0.109. The molecule has 2 heterocycles. The lowest BCUT2D eigenvalue weighted by atomic mass is 9.87. The minimum Gasteiger partial charge on any atom is -0.472 e. The van der Waals surface area contributed by atoms with E-state index >= 15 is 0 Å². The summed E-state index contributed by atoms with van der Waals surface area (Å²) in [6.45, 7) is 2.25. The van der Waals surface area contributed by atoms with Crippen molar-refractivity contribution in [2.24, 2.45) is 5.92 Å². The standard InChI is InChI=1S/C17H20N2O3S/c1-11-2-4-13(5-3-11)18-17(21)15-14(7-9-23-15)19-16(20)12-6-8-22-10-12/h6-11,13H,2-5H2,1H3,(H,18,21)(H,19,20). The number of nitrogens with one attached hydrogen (secondary N) is 2. The van der Waals surface area contributed by atoms with Gasteiger partial charge in [0.2, 0.25) is 0 Å². The Morgan fingerprint density at radius 1 is 1.17 bits per heavy atom. The van der Waals surface area contributed by atoms with Crippen molar-refractivity contribution in [2.75, 3.05) is 5.32 Å². The third-order valence-electron chi connectivity index (χ3n) is 4.25. The maximum Gasteiger partial charge on any atom is 0.263 e. The smallest absolute Gasteiger partial charge is 0.263 e. The van der Waals surface area contributed by atoms with Crippen LogP contribution in [0.15, 0.2) is 34.5 Å². The summed E-state index contributed by atoms with van der Waals surface area (Å²) < 4.78 is 4.90. The molecular weight excluding hydrogens is 312 g/mol. The molecule has 0 radical (unpaired) electrons. The van der Waals surface area contributed by atoms with E-state index in [-0.39, 0.29) is 17.9 Å². The van der Waals surface area contributed by atoms with Gasteiger partial charge in [-0.25, -0.2) is 0 Å². The molecule has 3 rings (SSSR count). The zero-order valence-corrected chi connectivity index (χ0v) is 13.8. The predicted molar refractivity (Wildman–Crippen MR) is 89.9 cm³/mol. The fourth-order valence-electron chi connectivity index (χ4n) is 2.83. The summed E-state index contributed by atoms with van der Waals surface area (Å²) in [5.41, 5.74) is 0.978. The number of amides is 2. The zero-order chi connectivity index (χ0) is 16.2. The van der Waals surface area contributed by atoms with E-state index in [9.17, 15) is 9.59 Å². The van der Waals surface area contributed by atoms with Crippen molar-refractivity contribution in [3.05, 3.63) is 40.5 Å². The molecule has 0 aliphatic heterocycles. The monoisotopic (exact) mass is 332 g/mol. The molecular formula is C17H20N2O3S. The summed E-state index contributed by atoms with van der Waals surface area (Å²) in [6.07, 6.45) is 7.17. The summed E-state index contributed by atoms with van der Waals surface area (Å²) in [4.78, 5) is 25.1. The van der Waals surface area contributed by atoms with Gasteiger partial charge in [-0.2, -0.15) is 0 Å². The first kappa shape index (κ1) is 15.8.